The maximum absolute atomic E-state index is 13.7. The van der Waals surface area contributed by atoms with Gasteiger partial charge in [0.1, 0.15) is 12.4 Å². The number of hydrogen-bond donors (Lipinski definition) is 2. The molecular weight excluding hydrogens is 267 g/mol. The van der Waals surface area contributed by atoms with Crippen molar-refractivity contribution in [3.05, 3.63) is 29.6 Å². The summed E-state index contributed by atoms with van der Waals surface area (Å²) in [6, 6.07) is 3.55. The lowest BCUT2D eigenvalue weighted by Gasteiger charge is -2.19. The third-order valence-corrected chi connectivity index (χ3v) is 2.51. The van der Waals surface area contributed by atoms with Crippen LogP contribution in [0.15, 0.2) is 18.2 Å². The van der Waals surface area contributed by atoms with Gasteiger partial charge in [-0.25, -0.2) is 4.39 Å². The Morgan fingerprint density at radius 2 is 2.00 bits per heavy atom. The van der Waals surface area contributed by atoms with E-state index < -0.39 is 24.2 Å². The maximum Gasteiger partial charge on any atom is 0.323 e. The molecule has 0 unspecified atom stereocenters. The standard InChI is InChI=1S/C13H15FN2O4/c1-3-16(7-12(18)19)13(20)10-6-9(15-8(2)17)4-5-11(10)14/h4-6H,3,7H2,1-2H3,(H,15,17)(H,18,19). The van der Waals surface area contributed by atoms with Crippen molar-refractivity contribution in [2.24, 2.45) is 0 Å². The smallest absolute Gasteiger partial charge is 0.323 e. The van der Waals surface area contributed by atoms with Gasteiger partial charge in [0.2, 0.25) is 5.91 Å². The van der Waals surface area contributed by atoms with E-state index in [0.29, 0.717) is 0 Å². The molecule has 0 aromatic heterocycles. The summed E-state index contributed by atoms with van der Waals surface area (Å²) in [6.07, 6.45) is 0. The highest BCUT2D eigenvalue weighted by atomic mass is 19.1. The molecule has 2 N–H and O–H groups in total. The first-order valence-corrected chi connectivity index (χ1v) is 5.93. The van der Waals surface area contributed by atoms with Crippen molar-refractivity contribution in [2.75, 3.05) is 18.4 Å². The Kier molecular flexibility index (Phi) is 5.19. The summed E-state index contributed by atoms with van der Waals surface area (Å²) in [5.74, 6) is -3.04. The summed E-state index contributed by atoms with van der Waals surface area (Å²) >= 11 is 0. The summed E-state index contributed by atoms with van der Waals surface area (Å²) in [5, 5.41) is 11.1. The molecule has 0 radical (unpaired) electrons. The molecule has 1 rings (SSSR count). The number of benzene rings is 1. The van der Waals surface area contributed by atoms with E-state index in [4.69, 9.17) is 5.11 Å². The Labute approximate surface area is 115 Å². The van der Waals surface area contributed by atoms with Gasteiger partial charge in [0.25, 0.3) is 5.91 Å². The molecule has 2 amide bonds. The number of likely N-dealkylation sites (N-methyl/N-ethyl adjacent to an activating group) is 1. The Morgan fingerprint density at radius 3 is 2.50 bits per heavy atom. The van der Waals surface area contributed by atoms with Crippen LogP contribution in [-0.4, -0.2) is 40.9 Å². The third-order valence-electron chi connectivity index (χ3n) is 2.51. The summed E-state index contributed by atoms with van der Waals surface area (Å²) in [4.78, 5) is 34.7. The highest BCUT2D eigenvalue weighted by Crippen LogP contribution is 2.17. The highest BCUT2D eigenvalue weighted by molar-refractivity contribution is 5.98. The largest absolute Gasteiger partial charge is 0.480 e. The van der Waals surface area contributed by atoms with Crippen molar-refractivity contribution in [3.8, 4) is 0 Å². The van der Waals surface area contributed by atoms with Crippen molar-refractivity contribution >= 4 is 23.5 Å². The zero-order chi connectivity index (χ0) is 15.3. The van der Waals surface area contributed by atoms with Crippen LogP contribution in [0.4, 0.5) is 10.1 Å². The molecule has 0 aliphatic carbocycles. The molecule has 6 nitrogen and oxygen atoms in total. The number of carbonyl (C=O) groups excluding carboxylic acids is 2. The number of hydrogen-bond acceptors (Lipinski definition) is 3. The lowest BCUT2D eigenvalue weighted by atomic mass is 10.1. The average Bonchev–Trinajstić information content (AvgIpc) is 2.36. The molecule has 0 aliphatic rings. The molecule has 7 heteroatoms. The molecule has 1 aromatic carbocycles. The zero-order valence-electron chi connectivity index (χ0n) is 11.1. The Balaban J connectivity index is 3.06. The van der Waals surface area contributed by atoms with E-state index in [1.807, 2.05) is 0 Å². The van der Waals surface area contributed by atoms with Gasteiger partial charge in [-0.1, -0.05) is 0 Å². The van der Waals surface area contributed by atoms with Gasteiger partial charge in [0.05, 0.1) is 5.56 Å². The molecule has 0 aliphatic heterocycles. The van der Waals surface area contributed by atoms with Crippen molar-refractivity contribution in [1.82, 2.24) is 4.90 Å². The number of carboxylic acid groups (broad SMARTS) is 1. The summed E-state index contributed by atoms with van der Waals surface area (Å²) in [5.41, 5.74) is -0.00650. The number of anilines is 1. The van der Waals surface area contributed by atoms with Crippen molar-refractivity contribution < 1.29 is 23.9 Å². The summed E-state index contributed by atoms with van der Waals surface area (Å²) in [7, 11) is 0. The second-order valence-corrected chi connectivity index (χ2v) is 4.09. The monoisotopic (exact) mass is 282 g/mol. The first-order chi connectivity index (χ1) is 9.35. The molecule has 0 heterocycles. The van der Waals surface area contributed by atoms with Crippen LogP contribution < -0.4 is 5.32 Å². The van der Waals surface area contributed by atoms with Gasteiger partial charge in [0.15, 0.2) is 0 Å². The SMILES string of the molecule is CCN(CC(=O)O)C(=O)c1cc(NC(C)=O)ccc1F. The fourth-order valence-electron chi connectivity index (χ4n) is 1.63. The van der Waals surface area contributed by atoms with Gasteiger partial charge in [-0.2, -0.15) is 0 Å². The molecule has 0 fully saturated rings. The maximum atomic E-state index is 13.7. The number of amides is 2. The van der Waals surface area contributed by atoms with E-state index >= 15 is 0 Å². The van der Waals surface area contributed by atoms with Crippen LogP contribution in [0.1, 0.15) is 24.2 Å². The van der Waals surface area contributed by atoms with Gasteiger partial charge in [-0.05, 0) is 25.1 Å². The molecular formula is C13H15FN2O4. The Bertz CT molecular complexity index is 545. The van der Waals surface area contributed by atoms with E-state index in [1.165, 1.54) is 19.1 Å². The van der Waals surface area contributed by atoms with E-state index in [9.17, 15) is 18.8 Å². The summed E-state index contributed by atoms with van der Waals surface area (Å²) < 4.78 is 13.7. The fourth-order valence-corrected chi connectivity index (χ4v) is 1.63. The first-order valence-electron chi connectivity index (χ1n) is 5.93. The molecule has 0 bridgehead atoms. The third kappa shape index (κ3) is 4.04. The van der Waals surface area contributed by atoms with Crippen LogP contribution in [0.2, 0.25) is 0 Å². The minimum atomic E-state index is -1.18. The second-order valence-electron chi connectivity index (χ2n) is 4.09. The highest BCUT2D eigenvalue weighted by Gasteiger charge is 2.20. The van der Waals surface area contributed by atoms with Crippen LogP contribution in [-0.2, 0) is 9.59 Å². The number of carbonyl (C=O) groups is 3. The van der Waals surface area contributed by atoms with Crippen LogP contribution in [0.3, 0.4) is 0 Å². The molecule has 0 saturated carbocycles. The normalized spacial score (nSPS) is 9.95. The molecule has 20 heavy (non-hydrogen) atoms. The number of nitrogens with zero attached hydrogens (tertiary/aromatic N) is 1. The number of nitrogens with one attached hydrogen (secondary N) is 1. The minimum absolute atomic E-state index is 0.134. The first kappa shape index (κ1) is 15.6. The summed E-state index contributed by atoms with van der Waals surface area (Å²) in [6.45, 7) is 2.50. The van der Waals surface area contributed by atoms with Gasteiger partial charge in [0, 0.05) is 19.2 Å². The van der Waals surface area contributed by atoms with Crippen LogP contribution in [0.25, 0.3) is 0 Å². The number of carboxylic acids is 1. The second kappa shape index (κ2) is 6.65. The predicted octanol–water partition coefficient (Wildman–Crippen LogP) is 1.33. The lowest BCUT2D eigenvalue weighted by Crippen LogP contribution is -2.36. The Hall–Kier alpha value is -2.44. The number of rotatable bonds is 5. The Morgan fingerprint density at radius 1 is 1.35 bits per heavy atom. The zero-order valence-corrected chi connectivity index (χ0v) is 11.1. The van der Waals surface area contributed by atoms with Crippen LogP contribution in [0, 0.1) is 5.82 Å². The minimum Gasteiger partial charge on any atom is -0.480 e. The van der Waals surface area contributed by atoms with E-state index in [0.717, 1.165) is 11.0 Å². The van der Waals surface area contributed by atoms with Gasteiger partial charge < -0.3 is 15.3 Å². The van der Waals surface area contributed by atoms with Crippen molar-refractivity contribution in [1.29, 1.82) is 0 Å². The van der Waals surface area contributed by atoms with E-state index in [1.54, 1.807) is 6.92 Å². The van der Waals surface area contributed by atoms with Crippen LogP contribution >= 0.6 is 0 Å². The quantitative estimate of drug-likeness (QED) is 0.853. The average molecular weight is 282 g/mol. The van der Waals surface area contributed by atoms with Crippen molar-refractivity contribution in [2.45, 2.75) is 13.8 Å². The van der Waals surface area contributed by atoms with Gasteiger partial charge in [-0.15, -0.1) is 0 Å². The predicted molar refractivity (Wildman–Crippen MR) is 69.9 cm³/mol. The van der Waals surface area contributed by atoms with Crippen LogP contribution in [0.5, 0.6) is 0 Å². The number of halogens is 1. The van der Waals surface area contributed by atoms with Gasteiger partial charge >= 0.3 is 5.97 Å². The van der Waals surface area contributed by atoms with E-state index in [2.05, 4.69) is 5.32 Å². The molecule has 1 aromatic rings. The van der Waals surface area contributed by atoms with E-state index in [-0.39, 0.29) is 23.7 Å². The van der Waals surface area contributed by atoms with Gasteiger partial charge in [-0.3, -0.25) is 14.4 Å². The fraction of sp³-hybridized carbons (Fsp3) is 0.308. The lowest BCUT2D eigenvalue weighted by molar-refractivity contribution is -0.137. The molecule has 0 spiro atoms. The van der Waals surface area contributed by atoms with Crippen molar-refractivity contribution in [3.63, 3.8) is 0 Å². The molecule has 0 saturated heterocycles. The molecule has 0 atom stereocenters. The number of aliphatic carboxylic acids is 1. The topological polar surface area (TPSA) is 86.7 Å². The molecule has 108 valence electrons.